The Morgan fingerprint density at radius 1 is 1.24 bits per heavy atom. The summed E-state index contributed by atoms with van der Waals surface area (Å²) < 4.78 is 1.94. The van der Waals surface area contributed by atoms with Gasteiger partial charge >= 0.3 is 0 Å². The minimum absolute atomic E-state index is 0.629. The molecule has 90 valence electrons. The summed E-state index contributed by atoms with van der Waals surface area (Å²) in [6.07, 6.45) is 1.80. The van der Waals surface area contributed by atoms with E-state index >= 15 is 0 Å². The molecular weight excluding hydrogens is 257 g/mol. The minimum atomic E-state index is 0.629. The highest BCUT2D eigenvalue weighted by molar-refractivity contribution is 6.35. The number of halogens is 2. The molecule has 0 aliphatic heterocycles. The lowest BCUT2D eigenvalue weighted by Crippen LogP contribution is -2.07. The van der Waals surface area contributed by atoms with E-state index in [1.807, 2.05) is 22.9 Å². The van der Waals surface area contributed by atoms with Gasteiger partial charge in [-0.1, -0.05) is 23.2 Å². The van der Waals surface area contributed by atoms with Gasteiger partial charge in [-0.05, 0) is 31.2 Å². The summed E-state index contributed by atoms with van der Waals surface area (Å²) in [7, 11) is 0. The first-order chi connectivity index (χ1) is 8.19. The predicted molar refractivity (Wildman–Crippen MR) is 71.7 cm³/mol. The Morgan fingerprint density at radius 2 is 1.94 bits per heavy atom. The van der Waals surface area contributed by atoms with Crippen molar-refractivity contribution < 1.29 is 0 Å². The maximum absolute atomic E-state index is 5.93. The van der Waals surface area contributed by atoms with Crippen LogP contribution >= 0.6 is 23.2 Å². The number of nitrogens with zero attached hydrogens (tertiary/aromatic N) is 2. The van der Waals surface area contributed by atoms with Crippen LogP contribution in [0.3, 0.4) is 0 Å². The van der Waals surface area contributed by atoms with Gasteiger partial charge in [0.1, 0.15) is 0 Å². The summed E-state index contributed by atoms with van der Waals surface area (Å²) in [5.41, 5.74) is 2.04. The van der Waals surface area contributed by atoms with E-state index in [2.05, 4.69) is 17.3 Å². The summed E-state index contributed by atoms with van der Waals surface area (Å²) >= 11 is 11.9. The van der Waals surface area contributed by atoms with Crippen molar-refractivity contribution in [3.05, 3.63) is 46.2 Å². The average molecular weight is 270 g/mol. The molecule has 3 nitrogen and oxygen atoms in total. The van der Waals surface area contributed by atoms with Crippen LogP contribution < -0.4 is 5.32 Å². The average Bonchev–Trinajstić information content (AvgIpc) is 2.72. The second-order valence-electron chi connectivity index (χ2n) is 3.65. The summed E-state index contributed by atoms with van der Waals surface area (Å²) in [5, 5.41) is 8.74. The molecule has 5 heteroatoms. The number of hydrogen-bond donors (Lipinski definition) is 1. The third-order valence-corrected chi connectivity index (χ3v) is 2.88. The molecule has 2 aromatic rings. The number of benzene rings is 1. The lowest BCUT2D eigenvalue weighted by atomic mass is 10.3. The molecule has 2 rings (SSSR count). The Hall–Kier alpha value is -1.19. The van der Waals surface area contributed by atoms with Crippen molar-refractivity contribution in [2.75, 3.05) is 5.32 Å². The third-order valence-electron chi connectivity index (χ3n) is 2.44. The molecular formula is C12H13Cl2N3. The summed E-state index contributed by atoms with van der Waals surface area (Å²) in [4.78, 5) is 0. The fraction of sp³-hybridized carbons (Fsp3) is 0.250. The predicted octanol–water partition coefficient (Wildman–Crippen LogP) is 3.82. The molecule has 1 aromatic carbocycles. The monoisotopic (exact) mass is 269 g/mol. The van der Waals surface area contributed by atoms with Crippen molar-refractivity contribution in [3.63, 3.8) is 0 Å². The number of aromatic nitrogens is 2. The van der Waals surface area contributed by atoms with E-state index in [0.717, 1.165) is 17.9 Å². The molecule has 0 aliphatic rings. The van der Waals surface area contributed by atoms with Crippen LogP contribution in [0.1, 0.15) is 12.6 Å². The van der Waals surface area contributed by atoms with Gasteiger partial charge in [0.25, 0.3) is 0 Å². The van der Waals surface area contributed by atoms with Crippen LogP contribution in [-0.4, -0.2) is 9.78 Å². The first-order valence-corrected chi connectivity index (χ1v) is 6.15. The molecule has 0 spiro atoms. The molecule has 0 bridgehead atoms. The van der Waals surface area contributed by atoms with Crippen LogP contribution in [0, 0.1) is 0 Å². The lowest BCUT2D eigenvalue weighted by molar-refractivity contribution is 0.627. The molecule has 0 fully saturated rings. The Labute approximate surface area is 110 Å². The maximum Gasteiger partial charge on any atom is 0.0575 e. The Bertz CT molecular complexity index is 488. The second kappa shape index (κ2) is 5.43. The molecule has 0 atom stereocenters. The lowest BCUT2D eigenvalue weighted by Gasteiger charge is -2.08. The van der Waals surface area contributed by atoms with Gasteiger partial charge in [-0.15, -0.1) is 0 Å². The molecule has 0 saturated carbocycles. The fourth-order valence-corrected chi connectivity index (χ4v) is 2.17. The molecule has 0 saturated heterocycles. The Kier molecular flexibility index (Phi) is 3.92. The molecule has 1 aromatic heterocycles. The molecule has 17 heavy (non-hydrogen) atoms. The van der Waals surface area contributed by atoms with E-state index < -0.39 is 0 Å². The third kappa shape index (κ3) is 3.14. The quantitative estimate of drug-likeness (QED) is 0.915. The van der Waals surface area contributed by atoms with Gasteiger partial charge in [0.05, 0.1) is 12.2 Å². The van der Waals surface area contributed by atoms with Crippen molar-refractivity contribution in [2.45, 2.75) is 20.0 Å². The van der Waals surface area contributed by atoms with Gasteiger partial charge in [0.2, 0.25) is 0 Å². The topological polar surface area (TPSA) is 29.9 Å². The van der Waals surface area contributed by atoms with E-state index in [4.69, 9.17) is 23.2 Å². The molecule has 0 unspecified atom stereocenters. The second-order valence-corrected chi connectivity index (χ2v) is 4.52. The van der Waals surface area contributed by atoms with Crippen molar-refractivity contribution in [1.82, 2.24) is 9.78 Å². The van der Waals surface area contributed by atoms with Gasteiger partial charge in [-0.25, -0.2) is 0 Å². The Morgan fingerprint density at radius 3 is 2.59 bits per heavy atom. The molecule has 1 N–H and O–H groups in total. The molecule has 1 heterocycles. The number of rotatable bonds is 4. The Balaban J connectivity index is 2.07. The van der Waals surface area contributed by atoms with Crippen molar-refractivity contribution in [3.8, 4) is 0 Å². The van der Waals surface area contributed by atoms with E-state index in [9.17, 15) is 0 Å². The normalized spacial score (nSPS) is 10.5. The highest BCUT2D eigenvalue weighted by Gasteiger charge is 2.02. The van der Waals surface area contributed by atoms with Gasteiger partial charge in [-0.3, -0.25) is 4.68 Å². The van der Waals surface area contributed by atoms with Crippen molar-refractivity contribution in [1.29, 1.82) is 0 Å². The number of anilines is 1. The first kappa shape index (κ1) is 12.3. The summed E-state index contributed by atoms with van der Waals surface area (Å²) in [6.45, 7) is 3.62. The minimum Gasteiger partial charge on any atom is -0.379 e. The largest absolute Gasteiger partial charge is 0.379 e. The van der Waals surface area contributed by atoms with Gasteiger partial charge in [0, 0.05) is 28.5 Å². The van der Waals surface area contributed by atoms with Crippen LogP contribution in [0.25, 0.3) is 0 Å². The zero-order valence-corrected chi connectivity index (χ0v) is 11.0. The van der Waals surface area contributed by atoms with Gasteiger partial charge < -0.3 is 5.32 Å². The van der Waals surface area contributed by atoms with Crippen LogP contribution in [0.5, 0.6) is 0 Å². The first-order valence-electron chi connectivity index (χ1n) is 5.39. The number of nitrogens with one attached hydrogen (secondary N) is 1. The van der Waals surface area contributed by atoms with E-state index in [1.165, 1.54) is 0 Å². The zero-order chi connectivity index (χ0) is 12.3. The standard InChI is InChI=1S/C12H13Cl2N3/c1-2-17-12(3-4-16-17)8-15-11-6-9(13)5-10(14)7-11/h3-7,15H,2,8H2,1H3. The zero-order valence-electron chi connectivity index (χ0n) is 9.45. The fourth-order valence-electron chi connectivity index (χ4n) is 1.64. The van der Waals surface area contributed by atoms with E-state index in [0.29, 0.717) is 16.6 Å². The van der Waals surface area contributed by atoms with Crippen molar-refractivity contribution >= 4 is 28.9 Å². The molecule has 0 amide bonds. The molecule has 0 aliphatic carbocycles. The summed E-state index contributed by atoms with van der Waals surface area (Å²) in [6, 6.07) is 7.40. The smallest absolute Gasteiger partial charge is 0.0575 e. The highest BCUT2D eigenvalue weighted by Crippen LogP contribution is 2.22. The number of hydrogen-bond acceptors (Lipinski definition) is 2. The summed E-state index contributed by atoms with van der Waals surface area (Å²) in [5.74, 6) is 0. The van der Waals surface area contributed by atoms with Crippen LogP contribution in [-0.2, 0) is 13.1 Å². The SMILES string of the molecule is CCn1nccc1CNc1cc(Cl)cc(Cl)c1. The van der Waals surface area contributed by atoms with Crippen LogP contribution in [0.2, 0.25) is 10.0 Å². The maximum atomic E-state index is 5.93. The van der Waals surface area contributed by atoms with E-state index in [-0.39, 0.29) is 0 Å². The van der Waals surface area contributed by atoms with E-state index in [1.54, 1.807) is 12.3 Å². The van der Waals surface area contributed by atoms with Crippen LogP contribution in [0.15, 0.2) is 30.5 Å². The highest BCUT2D eigenvalue weighted by atomic mass is 35.5. The van der Waals surface area contributed by atoms with Crippen LogP contribution in [0.4, 0.5) is 5.69 Å². The number of aryl methyl sites for hydroxylation is 1. The van der Waals surface area contributed by atoms with Gasteiger partial charge in [-0.2, -0.15) is 5.10 Å². The molecule has 0 radical (unpaired) electrons. The van der Waals surface area contributed by atoms with Gasteiger partial charge in [0.15, 0.2) is 0 Å². The van der Waals surface area contributed by atoms with Crippen molar-refractivity contribution in [2.24, 2.45) is 0 Å².